The summed E-state index contributed by atoms with van der Waals surface area (Å²) in [7, 11) is 0. The molecule has 0 unspecified atom stereocenters. The zero-order chi connectivity index (χ0) is 14.4. The van der Waals surface area contributed by atoms with E-state index in [9.17, 15) is 9.59 Å². The van der Waals surface area contributed by atoms with Crippen LogP contribution in [0.5, 0.6) is 0 Å². The molecule has 0 bridgehead atoms. The van der Waals surface area contributed by atoms with Gasteiger partial charge in [0, 0.05) is 25.7 Å². The summed E-state index contributed by atoms with van der Waals surface area (Å²) >= 11 is 1.55. The summed E-state index contributed by atoms with van der Waals surface area (Å²) in [5, 5.41) is 6.45. The molecular weight excluding hydrogens is 278 g/mol. The van der Waals surface area contributed by atoms with E-state index in [1.807, 2.05) is 11.2 Å². The number of rotatable bonds is 5. The Morgan fingerprint density at radius 3 is 2.85 bits per heavy atom. The molecule has 2 amide bonds. The van der Waals surface area contributed by atoms with E-state index in [2.05, 4.69) is 15.0 Å². The number of likely N-dealkylation sites (tertiary alicyclic amines) is 1. The monoisotopic (exact) mass is 297 g/mol. The topological polar surface area (TPSA) is 75.4 Å². The number of piperidine rings is 1. The number of nitrogens with zero attached hydrogens (tertiary/aromatic N) is 2. The summed E-state index contributed by atoms with van der Waals surface area (Å²) in [6, 6.07) is 1.54. The third-order valence-corrected chi connectivity index (χ3v) is 3.99. The number of aromatic nitrogens is 1. The van der Waals surface area contributed by atoms with Gasteiger partial charge in [0.1, 0.15) is 6.26 Å². The maximum atomic E-state index is 11.7. The summed E-state index contributed by atoms with van der Waals surface area (Å²) in [5.41, 5.74) is 0.303. The van der Waals surface area contributed by atoms with Crippen molar-refractivity contribution in [1.29, 1.82) is 0 Å². The zero-order valence-electron chi connectivity index (χ0n) is 11.5. The van der Waals surface area contributed by atoms with E-state index >= 15 is 0 Å². The average Bonchev–Trinajstić information content (AvgIpc) is 3.00. The van der Waals surface area contributed by atoms with Gasteiger partial charge in [-0.05, 0) is 25.0 Å². The molecule has 7 heteroatoms. The second-order valence-electron chi connectivity index (χ2n) is 4.85. The van der Waals surface area contributed by atoms with E-state index in [0.717, 1.165) is 25.9 Å². The lowest BCUT2D eigenvalue weighted by molar-refractivity contribution is -0.129. The van der Waals surface area contributed by atoms with Gasteiger partial charge in [0.15, 0.2) is 5.69 Å². The summed E-state index contributed by atoms with van der Waals surface area (Å²) in [6.45, 7) is 2.18. The molecule has 0 spiro atoms. The van der Waals surface area contributed by atoms with Gasteiger partial charge in [0.25, 0.3) is 5.91 Å². The molecule has 0 aromatic carbocycles. The highest BCUT2D eigenvalue weighted by Gasteiger charge is 2.23. The zero-order valence-corrected chi connectivity index (χ0v) is 12.3. The van der Waals surface area contributed by atoms with Gasteiger partial charge in [-0.25, -0.2) is 0 Å². The Balaban J connectivity index is 1.69. The molecular formula is C13H19N3O3S. The Morgan fingerprint density at radius 2 is 2.25 bits per heavy atom. The largest absolute Gasteiger partial charge is 0.364 e. The van der Waals surface area contributed by atoms with Crippen LogP contribution >= 0.6 is 11.8 Å². The van der Waals surface area contributed by atoms with Crippen LogP contribution in [0.3, 0.4) is 0 Å². The number of hydrogen-bond acceptors (Lipinski definition) is 5. The van der Waals surface area contributed by atoms with Crippen LogP contribution in [0.2, 0.25) is 0 Å². The van der Waals surface area contributed by atoms with Gasteiger partial charge in [-0.3, -0.25) is 9.59 Å². The maximum absolute atomic E-state index is 11.7. The molecule has 0 radical (unpaired) electrons. The first-order valence-electron chi connectivity index (χ1n) is 6.66. The van der Waals surface area contributed by atoms with E-state index in [0.29, 0.717) is 23.9 Å². The van der Waals surface area contributed by atoms with E-state index in [1.54, 1.807) is 17.8 Å². The highest BCUT2D eigenvalue weighted by atomic mass is 32.2. The van der Waals surface area contributed by atoms with E-state index in [4.69, 9.17) is 0 Å². The van der Waals surface area contributed by atoms with Gasteiger partial charge < -0.3 is 14.7 Å². The van der Waals surface area contributed by atoms with Crippen molar-refractivity contribution >= 4 is 23.6 Å². The van der Waals surface area contributed by atoms with Gasteiger partial charge in [0.05, 0.1) is 5.75 Å². The first kappa shape index (κ1) is 14.9. The van der Waals surface area contributed by atoms with E-state index < -0.39 is 0 Å². The van der Waals surface area contributed by atoms with Crippen molar-refractivity contribution in [3.05, 3.63) is 18.0 Å². The Labute approximate surface area is 122 Å². The molecule has 1 fully saturated rings. The molecule has 110 valence electrons. The van der Waals surface area contributed by atoms with E-state index in [-0.39, 0.29) is 11.8 Å². The van der Waals surface area contributed by atoms with Crippen LogP contribution in [0.1, 0.15) is 23.3 Å². The van der Waals surface area contributed by atoms with Crippen molar-refractivity contribution in [2.75, 3.05) is 31.6 Å². The van der Waals surface area contributed by atoms with Gasteiger partial charge in [-0.1, -0.05) is 5.16 Å². The lowest BCUT2D eigenvalue weighted by atomic mass is 9.97. The minimum absolute atomic E-state index is 0.209. The van der Waals surface area contributed by atoms with Crippen LogP contribution in [0, 0.1) is 5.92 Å². The first-order chi connectivity index (χ1) is 9.70. The number of hydrogen-bond donors (Lipinski definition) is 1. The van der Waals surface area contributed by atoms with Crippen molar-refractivity contribution in [3.8, 4) is 0 Å². The third-order valence-electron chi connectivity index (χ3n) is 3.46. The summed E-state index contributed by atoms with van der Waals surface area (Å²) in [5.74, 6) is 0.972. The predicted octanol–water partition coefficient (Wildman–Crippen LogP) is 1.01. The lowest BCUT2D eigenvalue weighted by Gasteiger charge is -2.32. The molecule has 1 aromatic heterocycles. The standard InChI is InChI=1S/C13H19N3O3S/c1-20-9-12(17)16-5-2-10(3-6-16)8-14-13(18)11-4-7-19-15-11/h4,7,10H,2-3,5-6,8-9H2,1H3,(H,14,18). The van der Waals surface area contributed by atoms with Crippen molar-refractivity contribution in [2.24, 2.45) is 5.92 Å². The highest BCUT2D eigenvalue weighted by molar-refractivity contribution is 7.99. The fourth-order valence-electron chi connectivity index (χ4n) is 2.26. The Hall–Kier alpha value is -1.50. The van der Waals surface area contributed by atoms with Crippen molar-refractivity contribution in [1.82, 2.24) is 15.4 Å². The first-order valence-corrected chi connectivity index (χ1v) is 8.05. The molecule has 6 nitrogen and oxygen atoms in total. The van der Waals surface area contributed by atoms with Gasteiger partial charge in [0.2, 0.25) is 5.91 Å². The van der Waals surface area contributed by atoms with Crippen LogP contribution < -0.4 is 5.32 Å². The molecule has 0 aliphatic carbocycles. The number of carbonyl (C=O) groups is 2. The molecule has 2 rings (SSSR count). The fourth-order valence-corrected chi connectivity index (χ4v) is 2.69. The number of nitrogens with one attached hydrogen (secondary N) is 1. The Kier molecular flexibility index (Phi) is 5.46. The van der Waals surface area contributed by atoms with Gasteiger partial charge >= 0.3 is 0 Å². The molecule has 20 heavy (non-hydrogen) atoms. The maximum Gasteiger partial charge on any atom is 0.273 e. The van der Waals surface area contributed by atoms with Crippen molar-refractivity contribution in [2.45, 2.75) is 12.8 Å². The predicted molar refractivity (Wildman–Crippen MR) is 76.5 cm³/mol. The lowest BCUT2D eigenvalue weighted by Crippen LogP contribution is -2.42. The second-order valence-corrected chi connectivity index (χ2v) is 5.72. The van der Waals surface area contributed by atoms with Crippen molar-refractivity contribution in [3.63, 3.8) is 0 Å². The smallest absolute Gasteiger partial charge is 0.273 e. The quantitative estimate of drug-likeness (QED) is 0.877. The summed E-state index contributed by atoms with van der Waals surface area (Å²) < 4.78 is 4.63. The number of thioether (sulfide) groups is 1. The second kappa shape index (κ2) is 7.33. The molecule has 0 saturated carbocycles. The third kappa shape index (κ3) is 4.00. The summed E-state index contributed by atoms with van der Waals surface area (Å²) in [4.78, 5) is 25.4. The van der Waals surface area contributed by atoms with Gasteiger partial charge in [-0.2, -0.15) is 11.8 Å². The van der Waals surface area contributed by atoms with Gasteiger partial charge in [-0.15, -0.1) is 0 Å². The minimum atomic E-state index is -0.209. The molecule has 1 aliphatic rings. The van der Waals surface area contributed by atoms with Crippen LogP contribution in [0.15, 0.2) is 16.9 Å². The van der Waals surface area contributed by atoms with E-state index in [1.165, 1.54) is 6.26 Å². The molecule has 1 N–H and O–H groups in total. The number of carbonyl (C=O) groups excluding carboxylic acids is 2. The normalized spacial score (nSPS) is 16.1. The van der Waals surface area contributed by atoms with Crippen LogP contribution in [0.4, 0.5) is 0 Å². The Bertz CT molecular complexity index is 442. The molecule has 1 aromatic rings. The molecule has 1 aliphatic heterocycles. The summed E-state index contributed by atoms with van der Waals surface area (Å²) in [6.07, 6.45) is 5.17. The molecule has 2 heterocycles. The van der Waals surface area contributed by atoms with Crippen LogP contribution in [-0.2, 0) is 4.79 Å². The molecule has 1 saturated heterocycles. The average molecular weight is 297 g/mol. The van der Waals surface area contributed by atoms with Crippen molar-refractivity contribution < 1.29 is 14.1 Å². The minimum Gasteiger partial charge on any atom is -0.364 e. The van der Waals surface area contributed by atoms with Crippen LogP contribution in [-0.4, -0.2) is 53.5 Å². The SMILES string of the molecule is CSCC(=O)N1CCC(CNC(=O)c2ccon2)CC1. The fraction of sp³-hybridized carbons (Fsp3) is 0.615. The molecule has 0 atom stereocenters. The Morgan fingerprint density at radius 1 is 1.50 bits per heavy atom. The number of amides is 2. The highest BCUT2D eigenvalue weighted by Crippen LogP contribution is 2.17. The van der Waals surface area contributed by atoms with Crippen LogP contribution in [0.25, 0.3) is 0 Å².